The molecule has 2 aliphatic rings. The maximum absolute atomic E-state index is 13.6. The number of para-hydroxylation sites is 1. The van der Waals surface area contributed by atoms with Crippen molar-refractivity contribution < 1.29 is 21.7 Å². The van der Waals surface area contributed by atoms with Crippen LogP contribution in [0.15, 0.2) is 51.2 Å². The topological polar surface area (TPSA) is 70.9 Å². The second kappa shape index (κ2) is 5.07. The zero-order valence-corrected chi connectivity index (χ0v) is 13.1. The van der Waals surface area contributed by atoms with Gasteiger partial charge < -0.3 is 0 Å². The fourth-order valence-electron chi connectivity index (χ4n) is 2.30. The van der Waals surface area contributed by atoms with Crippen molar-refractivity contribution in [3.05, 3.63) is 52.8 Å². The summed E-state index contributed by atoms with van der Waals surface area (Å²) in [6.45, 7) is 1.82. The van der Waals surface area contributed by atoms with Gasteiger partial charge in [-0.25, -0.2) is 13.3 Å². The maximum Gasteiger partial charge on any atom is 0.339 e. The highest BCUT2D eigenvalue weighted by atomic mass is 32.2. The van der Waals surface area contributed by atoms with Crippen molar-refractivity contribution in [1.82, 2.24) is 0 Å². The lowest BCUT2D eigenvalue weighted by Gasteiger charge is -2.22. The minimum Gasteiger partial charge on any atom is -0.272 e. The first kappa shape index (κ1) is 15.5. The van der Waals surface area contributed by atoms with E-state index >= 15 is 0 Å². The highest BCUT2D eigenvalue weighted by Gasteiger charge is 2.39. The highest BCUT2D eigenvalue weighted by Crippen LogP contribution is 2.29. The van der Waals surface area contributed by atoms with Crippen molar-refractivity contribution in [2.45, 2.75) is 6.92 Å². The first-order valence-corrected chi connectivity index (χ1v) is 8.08. The normalized spacial score (nSPS) is 23.0. The van der Waals surface area contributed by atoms with Crippen LogP contribution in [0.25, 0.3) is 0 Å². The Morgan fingerprint density at radius 3 is 2.48 bits per heavy atom. The van der Waals surface area contributed by atoms with Crippen molar-refractivity contribution in [2.24, 2.45) is 9.98 Å². The van der Waals surface area contributed by atoms with Crippen LogP contribution >= 0.6 is 0 Å². The Morgan fingerprint density at radius 2 is 1.83 bits per heavy atom. The number of sulfonamides is 1. The Bertz CT molecular complexity index is 898. The smallest absolute Gasteiger partial charge is 0.272 e. The quantitative estimate of drug-likeness (QED) is 0.859. The summed E-state index contributed by atoms with van der Waals surface area (Å²) in [6, 6.07) is 3.07. The third kappa shape index (κ3) is 2.68. The lowest BCUT2D eigenvalue weighted by atomic mass is 10.3. The zero-order valence-electron chi connectivity index (χ0n) is 12.3. The predicted molar refractivity (Wildman–Crippen MR) is 82.9 cm³/mol. The average molecular weight is 339 g/mol. The molecular formula is C14H13F2N4O2S+. The third-order valence-corrected chi connectivity index (χ3v) is 4.57. The van der Waals surface area contributed by atoms with Gasteiger partial charge in [-0.15, -0.1) is 0 Å². The maximum atomic E-state index is 13.6. The number of nitrogens with one attached hydrogen (secondary N) is 1. The summed E-state index contributed by atoms with van der Waals surface area (Å²) in [4.78, 5) is 8.04. The number of aliphatic imine (C=N–C) groups is 2. The number of guanidine groups is 1. The van der Waals surface area contributed by atoms with E-state index in [4.69, 9.17) is 0 Å². The van der Waals surface area contributed by atoms with Gasteiger partial charge in [0.2, 0.25) is 5.03 Å². The number of halogens is 2. The summed E-state index contributed by atoms with van der Waals surface area (Å²) >= 11 is 0. The highest BCUT2D eigenvalue weighted by molar-refractivity contribution is 7.96. The van der Waals surface area contributed by atoms with Gasteiger partial charge in [-0.05, 0) is 19.1 Å². The number of hydrogen-bond donors (Lipinski definition) is 1. The molecule has 2 heterocycles. The summed E-state index contributed by atoms with van der Waals surface area (Å²) in [5.41, 5.74) is 0.103. The van der Waals surface area contributed by atoms with E-state index in [1.165, 1.54) is 6.20 Å². The van der Waals surface area contributed by atoms with E-state index in [1.54, 1.807) is 19.5 Å². The Labute approximate surface area is 131 Å². The SMILES string of the molecule is CC1=C[N+]2(C)C=C(S(=O)(=O)Nc3c(F)cccc3F)N=C2N=C1. The molecular weight excluding hydrogens is 326 g/mol. The fraction of sp³-hybridized carbons (Fsp3) is 0.143. The van der Waals surface area contributed by atoms with Crippen LogP contribution < -0.4 is 4.72 Å². The third-order valence-electron chi connectivity index (χ3n) is 3.35. The van der Waals surface area contributed by atoms with Crippen molar-refractivity contribution >= 4 is 27.9 Å². The summed E-state index contributed by atoms with van der Waals surface area (Å²) in [5.74, 6) is -1.76. The molecule has 9 heteroatoms. The van der Waals surface area contributed by atoms with Crippen molar-refractivity contribution in [3.8, 4) is 0 Å². The standard InChI is InChI=1S/C14H13F2N4O2S/c1-9-6-17-14-18-12(8-20(14,2)7-9)23(21,22)19-13-10(15)4-3-5-11(13)16/h3-8,19H,1-2H3/q+1. The number of fused-ring (bicyclic) bond motifs is 1. The number of anilines is 1. The molecule has 1 atom stereocenters. The molecule has 1 aromatic carbocycles. The van der Waals surface area contributed by atoms with Gasteiger partial charge >= 0.3 is 5.96 Å². The molecule has 0 radical (unpaired) electrons. The minimum atomic E-state index is -4.25. The van der Waals surface area contributed by atoms with Gasteiger partial charge in [0.05, 0.1) is 7.05 Å². The molecule has 1 N–H and O–H groups in total. The predicted octanol–water partition coefficient (Wildman–Crippen LogP) is 2.31. The van der Waals surface area contributed by atoms with Crippen LogP contribution in [-0.2, 0) is 10.0 Å². The van der Waals surface area contributed by atoms with Crippen LogP contribution in [0.2, 0.25) is 0 Å². The largest absolute Gasteiger partial charge is 0.339 e. The fourth-order valence-corrected chi connectivity index (χ4v) is 3.43. The molecule has 0 spiro atoms. The molecule has 1 unspecified atom stereocenters. The van der Waals surface area contributed by atoms with E-state index in [2.05, 4.69) is 9.98 Å². The second-order valence-electron chi connectivity index (χ2n) is 5.36. The summed E-state index contributed by atoms with van der Waals surface area (Å²) < 4.78 is 53.9. The van der Waals surface area contributed by atoms with Gasteiger partial charge in [0.15, 0.2) is 0 Å². The molecule has 2 aliphatic heterocycles. The van der Waals surface area contributed by atoms with Gasteiger partial charge in [0.25, 0.3) is 10.0 Å². The van der Waals surface area contributed by atoms with E-state index in [0.29, 0.717) is 0 Å². The first-order valence-electron chi connectivity index (χ1n) is 6.60. The Morgan fingerprint density at radius 1 is 1.17 bits per heavy atom. The lowest BCUT2D eigenvalue weighted by molar-refractivity contribution is -0.706. The summed E-state index contributed by atoms with van der Waals surface area (Å²) in [6.07, 6.45) is 4.67. The minimum absolute atomic E-state index is 0.0294. The molecule has 0 aliphatic carbocycles. The van der Waals surface area contributed by atoms with Crippen LogP contribution in [0.1, 0.15) is 6.92 Å². The van der Waals surface area contributed by atoms with Crippen LogP contribution in [0.5, 0.6) is 0 Å². The van der Waals surface area contributed by atoms with E-state index in [1.807, 2.05) is 11.6 Å². The van der Waals surface area contributed by atoms with Crippen LogP contribution in [0.4, 0.5) is 14.5 Å². The number of hydrogen-bond acceptors (Lipinski definition) is 4. The van der Waals surface area contributed by atoms with Crippen LogP contribution in [-0.4, -0.2) is 32.1 Å². The Kier molecular flexibility index (Phi) is 3.42. The molecule has 23 heavy (non-hydrogen) atoms. The number of rotatable bonds is 3. The molecule has 0 saturated heterocycles. The van der Waals surface area contributed by atoms with Gasteiger partial charge in [-0.3, -0.25) is 4.72 Å². The number of quaternary nitrogens is 1. The number of benzene rings is 1. The van der Waals surface area contributed by atoms with Gasteiger partial charge in [0.1, 0.15) is 29.7 Å². The number of allylic oxidation sites excluding steroid dienone is 1. The molecule has 0 amide bonds. The molecule has 3 rings (SSSR count). The molecule has 0 saturated carbocycles. The van der Waals surface area contributed by atoms with E-state index in [0.717, 1.165) is 23.8 Å². The molecule has 120 valence electrons. The summed E-state index contributed by atoms with van der Waals surface area (Å²) in [7, 11) is -2.55. The zero-order chi connectivity index (χ0) is 16.8. The first-order chi connectivity index (χ1) is 10.7. The molecule has 1 aromatic rings. The average Bonchev–Trinajstić information content (AvgIpc) is 2.80. The molecule has 6 nitrogen and oxygen atoms in total. The van der Waals surface area contributed by atoms with E-state index in [9.17, 15) is 17.2 Å². The van der Waals surface area contributed by atoms with E-state index < -0.39 is 27.3 Å². The van der Waals surface area contributed by atoms with E-state index in [-0.39, 0.29) is 15.5 Å². The number of nitrogens with zero attached hydrogens (tertiary/aromatic N) is 3. The lowest BCUT2D eigenvalue weighted by Crippen LogP contribution is -2.38. The van der Waals surface area contributed by atoms with Crippen molar-refractivity contribution in [2.75, 3.05) is 11.8 Å². The Balaban J connectivity index is 2.00. The summed E-state index contributed by atoms with van der Waals surface area (Å²) in [5, 5.41) is -0.347. The van der Waals surface area contributed by atoms with Crippen molar-refractivity contribution in [3.63, 3.8) is 0 Å². The monoisotopic (exact) mass is 339 g/mol. The van der Waals surface area contributed by atoms with Crippen molar-refractivity contribution in [1.29, 1.82) is 0 Å². The Hall–Kier alpha value is -2.39. The second-order valence-corrected chi connectivity index (χ2v) is 6.99. The molecule has 0 fully saturated rings. The van der Waals surface area contributed by atoms with Gasteiger partial charge in [0, 0.05) is 11.8 Å². The van der Waals surface area contributed by atoms with Gasteiger partial charge in [-0.2, -0.15) is 18.4 Å². The molecule has 0 aromatic heterocycles. The van der Waals surface area contributed by atoms with Crippen LogP contribution in [0.3, 0.4) is 0 Å². The van der Waals surface area contributed by atoms with Gasteiger partial charge in [-0.1, -0.05) is 6.07 Å². The molecule has 0 bridgehead atoms. The van der Waals surface area contributed by atoms with Crippen LogP contribution in [0, 0.1) is 11.6 Å².